The minimum absolute atomic E-state index is 0. The van der Waals surface area contributed by atoms with E-state index in [1.54, 1.807) is 0 Å². The lowest BCUT2D eigenvalue weighted by molar-refractivity contribution is -0.138. The van der Waals surface area contributed by atoms with E-state index >= 15 is 0 Å². The third kappa shape index (κ3) is 7.62. The van der Waals surface area contributed by atoms with Gasteiger partial charge in [0.1, 0.15) is 6.61 Å². The average Bonchev–Trinajstić information content (AvgIpc) is 2.60. The van der Waals surface area contributed by atoms with Crippen molar-refractivity contribution in [3.05, 3.63) is 35.9 Å². The Bertz CT molecular complexity index is 451. The van der Waals surface area contributed by atoms with Crippen LogP contribution in [0, 0.1) is 0 Å². The highest BCUT2D eigenvalue weighted by Gasteiger charge is 2.22. The zero-order chi connectivity index (χ0) is 16.3. The summed E-state index contributed by atoms with van der Waals surface area (Å²) in [6.45, 7) is 3.65. The summed E-state index contributed by atoms with van der Waals surface area (Å²) in [5.41, 5.74) is 6.69. The van der Waals surface area contributed by atoms with Crippen molar-refractivity contribution in [3.63, 3.8) is 0 Å². The summed E-state index contributed by atoms with van der Waals surface area (Å²) >= 11 is 0. The molecule has 0 radical (unpaired) electrons. The van der Waals surface area contributed by atoms with Gasteiger partial charge in [-0.15, -0.1) is 12.4 Å². The monoisotopic (exact) mass is 356 g/mol. The van der Waals surface area contributed by atoms with Gasteiger partial charge in [-0.1, -0.05) is 30.3 Å². The zero-order valence-electron chi connectivity index (χ0n) is 14.2. The number of amides is 1. The van der Waals surface area contributed by atoms with Crippen LogP contribution in [0.4, 0.5) is 0 Å². The maximum absolute atomic E-state index is 12.1. The van der Waals surface area contributed by atoms with Crippen LogP contribution in [-0.2, 0) is 20.7 Å². The molecule has 1 fully saturated rings. The predicted octanol–water partition coefficient (Wildman–Crippen LogP) is 2.02. The number of nitrogens with zero attached hydrogens (tertiary/aromatic N) is 1. The second kappa shape index (κ2) is 12.3. The molecule has 0 aliphatic carbocycles. The van der Waals surface area contributed by atoms with Crippen molar-refractivity contribution >= 4 is 18.3 Å². The third-order valence-corrected chi connectivity index (χ3v) is 4.10. The normalized spacial score (nSPS) is 15.1. The fraction of sp³-hybridized carbons (Fsp3) is 0.611. The van der Waals surface area contributed by atoms with Gasteiger partial charge in [0.25, 0.3) is 0 Å². The van der Waals surface area contributed by atoms with Crippen LogP contribution in [0.25, 0.3) is 0 Å². The lowest BCUT2D eigenvalue weighted by Crippen LogP contribution is -2.42. The van der Waals surface area contributed by atoms with Gasteiger partial charge in [-0.3, -0.25) is 4.79 Å². The zero-order valence-corrected chi connectivity index (χ0v) is 15.0. The van der Waals surface area contributed by atoms with Crippen molar-refractivity contribution in [1.29, 1.82) is 0 Å². The highest BCUT2D eigenvalue weighted by Crippen LogP contribution is 2.14. The standard InChI is InChI=1S/C18H28N2O3.ClH/c19-10-4-13-23-17-7-11-20(12-8-17)18(21)15-22-14-9-16-5-2-1-3-6-16;/h1-3,5-6,17H,4,7-15,19H2;1H. The molecule has 0 unspecified atom stereocenters. The second-order valence-electron chi connectivity index (χ2n) is 5.88. The van der Waals surface area contributed by atoms with Gasteiger partial charge < -0.3 is 20.1 Å². The molecule has 24 heavy (non-hydrogen) atoms. The van der Waals surface area contributed by atoms with Crippen molar-refractivity contribution in [3.8, 4) is 0 Å². The number of benzene rings is 1. The Labute approximate surface area is 150 Å². The molecule has 0 spiro atoms. The number of ether oxygens (including phenoxy) is 2. The Morgan fingerprint density at radius 1 is 1.17 bits per heavy atom. The fourth-order valence-electron chi connectivity index (χ4n) is 2.69. The molecule has 0 aromatic heterocycles. The maximum atomic E-state index is 12.1. The van der Waals surface area contributed by atoms with Crippen LogP contribution in [0.2, 0.25) is 0 Å². The number of nitrogens with two attached hydrogens (primary N) is 1. The molecule has 6 heteroatoms. The molecule has 0 atom stereocenters. The van der Waals surface area contributed by atoms with Gasteiger partial charge in [0, 0.05) is 19.7 Å². The van der Waals surface area contributed by atoms with Gasteiger partial charge in [0.15, 0.2) is 0 Å². The van der Waals surface area contributed by atoms with Gasteiger partial charge in [-0.2, -0.15) is 0 Å². The summed E-state index contributed by atoms with van der Waals surface area (Å²) in [5, 5.41) is 0. The number of carbonyl (C=O) groups excluding carboxylic acids is 1. The Morgan fingerprint density at radius 3 is 2.54 bits per heavy atom. The fourth-order valence-corrected chi connectivity index (χ4v) is 2.69. The van der Waals surface area contributed by atoms with Crippen molar-refractivity contribution in [2.45, 2.75) is 31.8 Å². The molecule has 0 bridgehead atoms. The Balaban J connectivity index is 0.00000288. The smallest absolute Gasteiger partial charge is 0.248 e. The molecule has 1 saturated heterocycles. The van der Waals surface area contributed by atoms with Gasteiger partial charge in [0.2, 0.25) is 5.91 Å². The molecular formula is C18H29ClN2O3. The number of rotatable bonds is 9. The molecule has 5 nitrogen and oxygen atoms in total. The number of likely N-dealkylation sites (tertiary alicyclic amines) is 1. The van der Waals surface area contributed by atoms with E-state index in [1.165, 1.54) is 5.56 Å². The summed E-state index contributed by atoms with van der Waals surface area (Å²) in [5.74, 6) is 0.0819. The van der Waals surface area contributed by atoms with Crippen LogP contribution >= 0.6 is 12.4 Å². The van der Waals surface area contributed by atoms with Gasteiger partial charge in [-0.05, 0) is 37.8 Å². The van der Waals surface area contributed by atoms with Crippen LogP contribution in [0.15, 0.2) is 30.3 Å². The quantitative estimate of drug-likeness (QED) is 0.687. The van der Waals surface area contributed by atoms with Crippen molar-refractivity contribution in [2.24, 2.45) is 5.73 Å². The van der Waals surface area contributed by atoms with Gasteiger partial charge in [-0.25, -0.2) is 0 Å². The topological polar surface area (TPSA) is 64.8 Å². The minimum atomic E-state index is 0. The minimum Gasteiger partial charge on any atom is -0.378 e. The van der Waals surface area contributed by atoms with Crippen LogP contribution in [0.3, 0.4) is 0 Å². The summed E-state index contributed by atoms with van der Waals surface area (Å²) in [6.07, 6.45) is 3.81. The largest absolute Gasteiger partial charge is 0.378 e. The van der Waals surface area contributed by atoms with E-state index < -0.39 is 0 Å². The first-order valence-electron chi connectivity index (χ1n) is 8.50. The van der Waals surface area contributed by atoms with Crippen molar-refractivity contribution in [1.82, 2.24) is 4.90 Å². The van der Waals surface area contributed by atoms with Crippen LogP contribution in [0.5, 0.6) is 0 Å². The van der Waals surface area contributed by atoms with Gasteiger partial charge >= 0.3 is 0 Å². The average molecular weight is 357 g/mol. The summed E-state index contributed by atoms with van der Waals surface area (Å²) in [7, 11) is 0. The van der Waals surface area contributed by atoms with Crippen LogP contribution in [0.1, 0.15) is 24.8 Å². The second-order valence-corrected chi connectivity index (χ2v) is 5.88. The highest BCUT2D eigenvalue weighted by atomic mass is 35.5. The molecule has 2 rings (SSSR count). The van der Waals surface area contributed by atoms with E-state index in [0.717, 1.165) is 45.4 Å². The molecule has 1 aromatic rings. The molecule has 1 heterocycles. The van der Waals surface area contributed by atoms with Gasteiger partial charge in [0.05, 0.1) is 12.7 Å². The lowest BCUT2D eigenvalue weighted by atomic mass is 10.1. The molecule has 1 amide bonds. The SMILES string of the molecule is Cl.NCCCOC1CCN(C(=O)COCCc2ccccc2)CC1. The molecule has 1 aromatic carbocycles. The van der Waals surface area contributed by atoms with Crippen LogP contribution in [-0.4, -0.2) is 56.4 Å². The summed E-state index contributed by atoms with van der Waals surface area (Å²) in [6, 6.07) is 10.2. The van der Waals surface area contributed by atoms with E-state index in [2.05, 4.69) is 12.1 Å². The number of halogens is 1. The number of carbonyl (C=O) groups is 1. The Kier molecular flexibility index (Phi) is 10.7. The van der Waals surface area contributed by atoms with Crippen molar-refractivity contribution < 1.29 is 14.3 Å². The maximum Gasteiger partial charge on any atom is 0.248 e. The van der Waals surface area contributed by atoms with E-state index in [0.29, 0.717) is 13.2 Å². The van der Waals surface area contributed by atoms with E-state index in [9.17, 15) is 4.79 Å². The van der Waals surface area contributed by atoms with E-state index in [-0.39, 0.29) is 31.0 Å². The molecular weight excluding hydrogens is 328 g/mol. The number of piperidine rings is 1. The summed E-state index contributed by atoms with van der Waals surface area (Å²) < 4.78 is 11.3. The van der Waals surface area contributed by atoms with Crippen molar-refractivity contribution in [2.75, 3.05) is 39.5 Å². The third-order valence-electron chi connectivity index (χ3n) is 4.10. The molecule has 1 aliphatic heterocycles. The van der Waals surface area contributed by atoms with E-state index in [4.69, 9.17) is 15.2 Å². The molecule has 0 saturated carbocycles. The van der Waals surface area contributed by atoms with E-state index in [1.807, 2.05) is 23.1 Å². The predicted molar refractivity (Wildman–Crippen MR) is 97.4 cm³/mol. The number of hydrogen-bond donors (Lipinski definition) is 1. The Morgan fingerprint density at radius 2 is 1.88 bits per heavy atom. The molecule has 136 valence electrons. The van der Waals surface area contributed by atoms with Crippen LogP contribution < -0.4 is 5.73 Å². The number of hydrogen-bond acceptors (Lipinski definition) is 4. The first kappa shape index (κ1) is 20.9. The summed E-state index contributed by atoms with van der Waals surface area (Å²) in [4.78, 5) is 14.0. The lowest BCUT2D eigenvalue weighted by Gasteiger charge is -2.32. The molecule has 1 aliphatic rings. The first-order chi connectivity index (χ1) is 11.3. The molecule has 2 N–H and O–H groups in total. The highest BCUT2D eigenvalue weighted by molar-refractivity contribution is 5.85. The first-order valence-corrected chi connectivity index (χ1v) is 8.50. The Hall–Kier alpha value is -1.14.